The minimum atomic E-state index is -1.23. The van der Waals surface area contributed by atoms with Crippen LogP contribution in [0.15, 0.2) is 55.0 Å². The number of aliphatic carboxylic acids is 1. The predicted octanol–water partition coefficient (Wildman–Crippen LogP) is 2.53. The Bertz CT molecular complexity index is 1380. The monoisotopic (exact) mass is 684 g/mol. The van der Waals surface area contributed by atoms with Crippen molar-refractivity contribution in [3.8, 4) is 0 Å². The first-order valence-corrected chi connectivity index (χ1v) is 16.3. The number of aromatic nitrogens is 2. The molecule has 0 saturated heterocycles. The molecule has 0 aliphatic carbocycles. The molecule has 268 valence electrons. The average Bonchev–Trinajstić information content (AvgIpc) is 3.57. The highest BCUT2D eigenvalue weighted by Gasteiger charge is 2.31. The molecule has 2 rings (SSSR count). The largest absolute Gasteiger partial charge is 0.481 e. The van der Waals surface area contributed by atoms with Gasteiger partial charge < -0.3 is 40.8 Å². The number of aromatic amines is 1. The van der Waals surface area contributed by atoms with Gasteiger partial charge in [0.25, 0.3) is 0 Å². The Balaban J connectivity index is 2.22. The van der Waals surface area contributed by atoms with E-state index in [1.165, 1.54) is 18.6 Å². The molecule has 4 atom stereocenters. The van der Waals surface area contributed by atoms with Crippen LogP contribution in [0.5, 0.6) is 0 Å². The molecule has 2 aromatic rings. The molecule has 1 unspecified atom stereocenters. The minimum Gasteiger partial charge on any atom is -0.481 e. The highest BCUT2D eigenvalue weighted by Crippen LogP contribution is 2.10. The number of carbonyl (C=O) groups is 6. The van der Waals surface area contributed by atoms with Gasteiger partial charge in [0.1, 0.15) is 24.7 Å². The summed E-state index contributed by atoms with van der Waals surface area (Å²) < 4.78 is 10.1. The van der Waals surface area contributed by atoms with Gasteiger partial charge in [-0.05, 0) is 31.2 Å². The quantitative estimate of drug-likeness (QED) is 0.0834. The summed E-state index contributed by atoms with van der Waals surface area (Å²) in [6.07, 6.45) is 5.51. The third kappa shape index (κ3) is 16.0. The number of carboxylic acids is 1. The van der Waals surface area contributed by atoms with Crippen LogP contribution in [0.3, 0.4) is 0 Å². The van der Waals surface area contributed by atoms with Gasteiger partial charge in [0.2, 0.25) is 17.7 Å². The van der Waals surface area contributed by atoms with Crippen LogP contribution < -0.4 is 21.3 Å². The average molecular weight is 685 g/mol. The number of rotatable bonds is 21. The van der Waals surface area contributed by atoms with E-state index in [2.05, 4.69) is 31.2 Å². The molecular formula is C34H48N6O9. The number of ether oxygens (including phenoxy) is 2. The molecular weight excluding hydrogens is 636 g/mol. The molecule has 15 nitrogen and oxygen atoms in total. The summed E-state index contributed by atoms with van der Waals surface area (Å²) >= 11 is 0. The molecule has 1 aromatic heterocycles. The predicted molar refractivity (Wildman–Crippen MR) is 179 cm³/mol. The van der Waals surface area contributed by atoms with Crippen LogP contribution in [0.2, 0.25) is 0 Å². The number of H-pyrrole nitrogens is 1. The maximum absolute atomic E-state index is 13.7. The van der Waals surface area contributed by atoms with Gasteiger partial charge in [0.05, 0.1) is 25.4 Å². The fourth-order valence-corrected chi connectivity index (χ4v) is 4.68. The number of hydrogen-bond donors (Lipinski definition) is 6. The summed E-state index contributed by atoms with van der Waals surface area (Å²) in [5, 5.41) is 20.0. The lowest BCUT2D eigenvalue weighted by molar-refractivity contribution is -0.139. The second-order valence-corrected chi connectivity index (χ2v) is 11.8. The topological polar surface area (TPSA) is 218 Å². The van der Waals surface area contributed by atoms with E-state index in [-0.39, 0.29) is 38.4 Å². The second-order valence-electron chi connectivity index (χ2n) is 11.8. The van der Waals surface area contributed by atoms with Crippen LogP contribution in [0.1, 0.15) is 71.1 Å². The van der Waals surface area contributed by atoms with Gasteiger partial charge in [-0.15, -0.1) is 0 Å². The number of carboxylic acid groups (broad SMARTS) is 1. The molecule has 49 heavy (non-hydrogen) atoms. The van der Waals surface area contributed by atoms with E-state index >= 15 is 0 Å². The summed E-state index contributed by atoms with van der Waals surface area (Å²) in [6, 6.07) is 4.67. The van der Waals surface area contributed by atoms with E-state index in [9.17, 15) is 33.9 Å². The van der Waals surface area contributed by atoms with Crippen molar-refractivity contribution >= 4 is 35.8 Å². The molecule has 15 heteroatoms. The van der Waals surface area contributed by atoms with E-state index < -0.39 is 66.3 Å². The second kappa shape index (κ2) is 21.6. The lowest BCUT2D eigenvalue weighted by Crippen LogP contribution is -2.58. The molecule has 0 bridgehead atoms. The normalized spacial score (nSPS) is 13.5. The van der Waals surface area contributed by atoms with Crippen LogP contribution in [-0.2, 0) is 46.5 Å². The van der Waals surface area contributed by atoms with Gasteiger partial charge in [-0.2, -0.15) is 0 Å². The fraction of sp³-hybridized carbons (Fsp3) is 0.500. The number of hydrogen-bond acceptors (Lipinski definition) is 9. The Hall–Kier alpha value is -5.21. The summed E-state index contributed by atoms with van der Waals surface area (Å²) in [6.45, 7) is 7.43. The van der Waals surface area contributed by atoms with Gasteiger partial charge in [-0.25, -0.2) is 14.6 Å². The maximum atomic E-state index is 13.7. The van der Waals surface area contributed by atoms with Crippen molar-refractivity contribution in [2.75, 3.05) is 6.61 Å². The van der Waals surface area contributed by atoms with Crippen LogP contribution in [0.25, 0.3) is 0 Å². The molecule has 0 aliphatic heterocycles. The summed E-state index contributed by atoms with van der Waals surface area (Å²) in [5.41, 5.74) is 1.28. The highest BCUT2D eigenvalue weighted by atomic mass is 16.5. The number of nitrogens with one attached hydrogen (secondary N) is 5. The van der Waals surface area contributed by atoms with Crippen molar-refractivity contribution in [3.05, 3.63) is 66.3 Å². The Morgan fingerprint density at radius 3 is 2.18 bits per heavy atom. The van der Waals surface area contributed by atoms with Crippen molar-refractivity contribution in [2.45, 2.75) is 97.0 Å². The zero-order valence-corrected chi connectivity index (χ0v) is 28.4. The number of alkyl carbamates (subject to hydrolysis) is 1. The maximum Gasteiger partial charge on any atom is 0.408 e. The number of unbranched alkanes of at least 4 members (excludes halogenated alkanes) is 1. The molecule has 0 spiro atoms. The zero-order chi connectivity index (χ0) is 36.2. The molecule has 0 radical (unpaired) electrons. The van der Waals surface area contributed by atoms with Crippen molar-refractivity contribution in [1.29, 1.82) is 0 Å². The first-order chi connectivity index (χ1) is 23.4. The summed E-state index contributed by atoms with van der Waals surface area (Å²) in [4.78, 5) is 83.4. The van der Waals surface area contributed by atoms with Crippen molar-refractivity contribution in [3.63, 3.8) is 0 Å². The number of amides is 4. The number of imidazole rings is 1. The molecule has 1 heterocycles. The number of nitrogens with zero attached hydrogens (tertiary/aromatic N) is 1. The number of benzene rings is 1. The Morgan fingerprint density at radius 1 is 0.898 bits per heavy atom. The highest BCUT2D eigenvalue weighted by molar-refractivity contribution is 5.94. The van der Waals surface area contributed by atoms with Gasteiger partial charge in [0.15, 0.2) is 0 Å². The summed E-state index contributed by atoms with van der Waals surface area (Å²) in [7, 11) is 0. The lowest BCUT2D eigenvalue weighted by Gasteiger charge is -2.26. The van der Waals surface area contributed by atoms with Crippen LogP contribution >= 0.6 is 0 Å². The standard InChI is InChI=1S/C34H48N6O9/c1-5-7-13-26(38-33(46)27(16-22(3)4)40-34(47)49-20-23-11-9-8-10-12-23)31(44)39-28(17-25-19-35-21-36-25)32(45)37-24(18-29(41)42)14-15-30(43)48-6-2/h8-12,14-15,19,21-22,24,26-28H,5-7,13,16-18,20H2,1-4H3,(H,35,36)(H,37,45)(H,38,46)(H,39,44)(H,40,47)(H,41,42)/b15-14+/t24-,26?,27+,28+/m1/s1. The van der Waals surface area contributed by atoms with Gasteiger partial charge in [0, 0.05) is 24.4 Å². The van der Waals surface area contributed by atoms with Crippen LogP contribution in [0.4, 0.5) is 4.79 Å². The molecule has 0 fully saturated rings. The minimum absolute atomic E-state index is 0.00667. The van der Waals surface area contributed by atoms with E-state index in [1.54, 1.807) is 19.1 Å². The fourth-order valence-electron chi connectivity index (χ4n) is 4.68. The first kappa shape index (κ1) is 40.0. The van der Waals surface area contributed by atoms with Crippen molar-refractivity contribution < 1.29 is 43.3 Å². The van der Waals surface area contributed by atoms with Gasteiger partial charge in [-0.1, -0.05) is 70.0 Å². The summed E-state index contributed by atoms with van der Waals surface area (Å²) in [5.74, 6) is -3.92. The van der Waals surface area contributed by atoms with Crippen molar-refractivity contribution in [2.24, 2.45) is 5.92 Å². The third-order valence-electron chi connectivity index (χ3n) is 7.09. The Labute approximate surface area is 286 Å². The molecule has 0 saturated carbocycles. The zero-order valence-electron chi connectivity index (χ0n) is 28.4. The first-order valence-electron chi connectivity index (χ1n) is 16.3. The molecule has 4 amide bonds. The van der Waals surface area contributed by atoms with Gasteiger partial charge in [-0.3, -0.25) is 19.2 Å². The van der Waals surface area contributed by atoms with Crippen LogP contribution in [0, 0.1) is 5.92 Å². The van der Waals surface area contributed by atoms with Crippen molar-refractivity contribution in [1.82, 2.24) is 31.2 Å². The lowest BCUT2D eigenvalue weighted by atomic mass is 10.0. The number of carbonyl (C=O) groups excluding carboxylic acids is 5. The SMILES string of the molecule is CCCCC(NC(=O)[C@H](CC(C)C)NC(=O)OCc1ccccc1)C(=O)N[C@@H](Cc1cnc[nH]1)C(=O)N[C@H](/C=C/C(=O)OCC)CC(=O)O. The van der Waals surface area contributed by atoms with E-state index in [0.717, 1.165) is 11.6 Å². The van der Waals surface area contributed by atoms with E-state index in [4.69, 9.17) is 9.47 Å². The molecule has 6 N–H and O–H groups in total. The third-order valence-corrected chi connectivity index (χ3v) is 7.09. The molecule has 1 aromatic carbocycles. The van der Waals surface area contributed by atoms with Crippen LogP contribution in [-0.4, -0.2) is 81.6 Å². The van der Waals surface area contributed by atoms with Gasteiger partial charge >= 0.3 is 18.0 Å². The Kier molecular flexibility index (Phi) is 17.6. The smallest absolute Gasteiger partial charge is 0.408 e. The molecule has 0 aliphatic rings. The Morgan fingerprint density at radius 2 is 1.57 bits per heavy atom. The number of esters is 1. The van der Waals surface area contributed by atoms with E-state index in [0.29, 0.717) is 18.5 Å². The van der Waals surface area contributed by atoms with E-state index in [1.807, 2.05) is 39.0 Å².